The molecule has 0 aliphatic heterocycles. The van der Waals surface area contributed by atoms with E-state index in [2.05, 4.69) is 13.8 Å². The molecule has 8 bridgehead atoms. The Morgan fingerprint density at radius 3 is 1.72 bits per heavy atom. The maximum atomic E-state index is 12.6. The van der Waals surface area contributed by atoms with Crippen molar-refractivity contribution < 1.29 is 19.1 Å². The average Bonchev–Trinajstić information content (AvgIpc) is 2.62. The van der Waals surface area contributed by atoms with Gasteiger partial charge in [-0.25, -0.2) is 4.79 Å². The van der Waals surface area contributed by atoms with Crippen LogP contribution in [0.25, 0.3) is 0 Å². The van der Waals surface area contributed by atoms with Gasteiger partial charge in [0, 0.05) is 5.41 Å². The van der Waals surface area contributed by atoms with Gasteiger partial charge in [-0.1, -0.05) is 20.8 Å². The van der Waals surface area contributed by atoms with Crippen LogP contribution in [-0.2, 0) is 19.1 Å². The molecule has 29 heavy (non-hydrogen) atoms. The van der Waals surface area contributed by atoms with E-state index in [0.717, 1.165) is 41.4 Å². The summed E-state index contributed by atoms with van der Waals surface area (Å²) in [5, 5.41) is 0. The topological polar surface area (TPSA) is 52.6 Å². The Morgan fingerprint density at radius 2 is 1.28 bits per heavy atom. The zero-order chi connectivity index (χ0) is 20.8. The minimum Gasteiger partial charge on any atom is -0.457 e. The summed E-state index contributed by atoms with van der Waals surface area (Å²) in [4.78, 5) is 24.6. The first-order valence-electron chi connectivity index (χ1n) is 11.9. The Hall–Kier alpha value is -1.06. The summed E-state index contributed by atoms with van der Waals surface area (Å²) in [5.41, 5.74) is -0.516. The highest BCUT2D eigenvalue weighted by Gasteiger charge is 2.70. The van der Waals surface area contributed by atoms with Crippen molar-refractivity contribution in [2.45, 2.75) is 85.2 Å². The van der Waals surface area contributed by atoms with E-state index in [-0.39, 0.29) is 23.4 Å². The molecule has 0 aromatic heterocycles. The number of esters is 2. The van der Waals surface area contributed by atoms with Gasteiger partial charge in [0.15, 0.2) is 6.61 Å². The van der Waals surface area contributed by atoms with E-state index in [9.17, 15) is 9.59 Å². The van der Waals surface area contributed by atoms with E-state index in [1.165, 1.54) is 38.5 Å². The molecule has 0 aromatic rings. The normalized spacial score (nSPS) is 44.2. The van der Waals surface area contributed by atoms with Gasteiger partial charge in [0.2, 0.25) is 0 Å². The number of carbonyl (C=O) groups excluding carboxylic acids is 2. The van der Waals surface area contributed by atoms with Crippen molar-refractivity contribution in [2.75, 3.05) is 6.61 Å². The van der Waals surface area contributed by atoms with Crippen molar-refractivity contribution >= 4 is 11.9 Å². The summed E-state index contributed by atoms with van der Waals surface area (Å²) in [5.74, 6) is 5.74. The van der Waals surface area contributed by atoms with Gasteiger partial charge in [0.25, 0.3) is 0 Å². The molecule has 0 saturated heterocycles. The molecule has 0 unspecified atom stereocenters. The molecule has 0 amide bonds. The molecule has 0 atom stereocenters. The SMILES string of the molecule is CC(C)(C)CC(=O)OCC(=O)OC(C)(C)C12CC3C4CC5CC3C(C1)C(C5)C4C2. The molecule has 7 saturated carbocycles. The Kier molecular flexibility index (Phi) is 4.27. The summed E-state index contributed by atoms with van der Waals surface area (Å²) in [7, 11) is 0. The fraction of sp³-hybridized carbons (Fsp3) is 0.920. The Balaban J connectivity index is 1.25. The molecular formula is C25H38O4. The number of carbonyl (C=O) groups is 2. The van der Waals surface area contributed by atoms with Gasteiger partial charge in [0.05, 0.1) is 6.42 Å². The standard InChI is InChI=1S/C25H38O4/c1-23(2,3)12-21(26)28-13-22(27)29-24(4,5)25-9-18-15-6-14-7-16(18)20(11-25)17(8-14)19(15)10-25/h14-20H,6-13H2,1-5H3. The average molecular weight is 403 g/mol. The molecule has 7 fully saturated rings. The maximum absolute atomic E-state index is 12.6. The predicted molar refractivity (Wildman–Crippen MR) is 110 cm³/mol. The highest BCUT2D eigenvalue weighted by molar-refractivity contribution is 5.77. The van der Waals surface area contributed by atoms with Gasteiger partial charge in [-0.05, 0) is 99.2 Å². The van der Waals surface area contributed by atoms with Crippen LogP contribution in [0.4, 0.5) is 0 Å². The van der Waals surface area contributed by atoms with Crippen LogP contribution in [0.3, 0.4) is 0 Å². The Labute approximate surface area is 175 Å². The first kappa shape index (κ1) is 19.9. The first-order valence-corrected chi connectivity index (χ1v) is 11.9. The smallest absolute Gasteiger partial charge is 0.344 e. The third-order valence-corrected chi connectivity index (χ3v) is 9.67. The van der Waals surface area contributed by atoms with E-state index >= 15 is 0 Å². The zero-order valence-electron chi connectivity index (χ0n) is 18.8. The third kappa shape index (κ3) is 3.07. The van der Waals surface area contributed by atoms with Crippen molar-refractivity contribution in [3.63, 3.8) is 0 Å². The molecule has 0 aromatic carbocycles. The van der Waals surface area contributed by atoms with E-state index in [1.807, 2.05) is 20.8 Å². The van der Waals surface area contributed by atoms with Crippen LogP contribution in [0.2, 0.25) is 0 Å². The second kappa shape index (κ2) is 6.23. The van der Waals surface area contributed by atoms with Gasteiger partial charge in [-0.3, -0.25) is 4.79 Å². The van der Waals surface area contributed by atoms with Crippen LogP contribution in [0.15, 0.2) is 0 Å². The summed E-state index contributed by atoms with van der Waals surface area (Å²) >= 11 is 0. The molecule has 0 N–H and O–H groups in total. The Bertz CT molecular complexity index is 655. The van der Waals surface area contributed by atoms with Crippen LogP contribution in [0, 0.1) is 52.3 Å². The van der Waals surface area contributed by atoms with Gasteiger partial charge in [0.1, 0.15) is 5.60 Å². The molecule has 4 nitrogen and oxygen atoms in total. The van der Waals surface area contributed by atoms with Gasteiger partial charge in [-0.2, -0.15) is 0 Å². The minimum atomic E-state index is -0.492. The molecule has 4 heteroatoms. The molecule has 7 rings (SSSR count). The lowest BCUT2D eigenvalue weighted by Crippen LogP contribution is -2.69. The number of hydrogen-bond acceptors (Lipinski definition) is 4. The van der Waals surface area contributed by atoms with Crippen LogP contribution < -0.4 is 0 Å². The summed E-state index contributed by atoms with van der Waals surface area (Å²) in [6.45, 7) is 9.94. The van der Waals surface area contributed by atoms with E-state index in [4.69, 9.17) is 9.47 Å². The van der Waals surface area contributed by atoms with Crippen molar-refractivity contribution in [1.82, 2.24) is 0 Å². The zero-order valence-corrected chi connectivity index (χ0v) is 18.8. The van der Waals surface area contributed by atoms with E-state index in [1.54, 1.807) is 0 Å². The number of rotatable bonds is 5. The maximum Gasteiger partial charge on any atom is 0.344 e. The van der Waals surface area contributed by atoms with Gasteiger partial charge in [-0.15, -0.1) is 0 Å². The molecule has 7 aliphatic carbocycles. The first-order chi connectivity index (χ1) is 13.5. The predicted octanol–water partition coefficient (Wildman–Crippen LogP) is 5.00. The molecule has 0 heterocycles. The third-order valence-electron chi connectivity index (χ3n) is 9.67. The molecule has 0 radical (unpaired) electrons. The van der Waals surface area contributed by atoms with Crippen LogP contribution in [0.5, 0.6) is 0 Å². The van der Waals surface area contributed by atoms with E-state index in [0.29, 0.717) is 6.42 Å². The fourth-order valence-electron chi connectivity index (χ4n) is 8.69. The highest BCUT2D eigenvalue weighted by atomic mass is 16.6. The van der Waals surface area contributed by atoms with Crippen LogP contribution >= 0.6 is 0 Å². The summed E-state index contributed by atoms with van der Waals surface area (Å²) < 4.78 is 11.3. The quantitative estimate of drug-likeness (QED) is 0.608. The molecular weight excluding hydrogens is 364 g/mol. The number of hydrogen-bond donors (Lipinski definition) is 0. The molecule has 0 spiro atoms. The van der Waals surface area contributed by atoms with Crippen molar-refractivity contribution in [3.8, 4) is 0 Å². The molecule has 162 valence electrons. The fourth-order valence-corrected chi connectivity index (χ4v) is 8.69. The second-order valence-electron chi connectivity index (χ2n) is 12.8. The van der Waals surface area contributed by atoms with Crippen LogP contribution in [0.1, 0.15) is 79.6 Å². The summed E-state index contributed by atoms with van der Waals surface area (Å²) in [6, 6.07) is 0. The number of ether oxygens (including phenoxy) is 2. The van der Waals surface area contributed by atoms with Crippen molar-refractivity contribution in [3.05, 3.63) is 0 Å². The molecule has 7 aliphatic rings. The minimum absolute atomic E-state index is 0.117. The van der Waals surface area contributed by atoms with Gasteiger partial charge >= 0.3 is 11.9 Å². The van der Waals surface area contributed by atoms with Crippen molar-refractivity contribution in [2.24, 2.45) is 52.3 Å². The Morgan fingerprint density at radius 1 is 0.793 bits per heavy atom. The lowest BCUT2D eigenvalue weighted by molar-refractivity contribution is -0.273. The van der Waals surface area contributed by atoms with Crippen molar-refractivity contribution in [1.29, 1.82) is 0 Å². The summed E-state index contributed by atoms with van der Waals surface area (Å²) in [6.07, 6.45) is 8.42. The van der Waals surface area contributed by atoms with Gasteiger partial charge < -0.3 is 9.47 Å². The lowest BCUT2D eigenvalue weighted by atomic mass is 9.31. The second-order valence-corrected chi connectivity index (χ2v) is 12.8. The van der Waals surface area contributed by atoms with E-state index < -0.39 is 11.6 Å². The largest absolute Gasteiger partial charge is 0.457 e. The van der Waals surface area contributed by atoms with Crippen LogP contribution in [-0.4, -0.2) is 24.1 Å². The highest BCUT2D eigenvalue weighted by Crippen LogP contribution is 2.76. The monoisotopic (exact) mass is 402 g/mol. The lowest BCUT2D eigenvalue weighted by Gasteiger charge is -2.74.